The van der Waals surface area contributed by atoms with Crippen LogP contribution >= 0.6 is 0 Å². The van der Waals surface area contributed by atoms with Crippen LogP contribution in [0.3, 0.4) is 0 Å². The second-order valence-corrected chi connectivity index (χ2v) is 7.00. The number of phenols is 1. The molecule has 2 aromatic rings. The van der Waals surface area contributed by atoms with Gasteiger partial charge in [-0.25, -0.2) is 4.68 Å². The molecule has 1 fully saturated rings. The Kier molecular flexibility index (Phi) is 4.11. The number of nitrogens with zero attached hydrogens (tertiary/aromatic N) is 3. The molecule has 6 heteroatoms. The van der Waals surface area contributed by atoms with Crippen LogP contribution in [0.25, 0.3) is 0 Å². The lowest BCUT2D eigenvalue weighted by Gasteiger charge is -2.22. The molecule has 1 aromatic heterocycles. The van der Waals surface area contributed by atoms with Crippen LogP contribution in [-0.2, 0) is 13.1 Å². The number of hydrogen-bond acceptors (Lipinski definition) is 4. The predicted molar refractivity (Wildman–Crippen MR) is 92.6 cm³/mol. The molecule has 0 atom stereocenters. The Morgan fingerprint density at radius 1 is 1.36 bits per heavy atom. The SMILES string of the molecule is Cc1c(C(=O)N(Cc2ccc(O)cc2)CC2CC2)nn2c1OCCC2. The van der Waals surface area contributed by atoms with Gasteiger partial charge in [-0.15, -0.1) is 0 Å². The number of phenolic OH excluding ortho intramolecular Hbond substituents is 1. The first-order valence-electron chi connectivity index (χ1n) is 8.89. The Morgan fingerprint density at radius 2 is 2.12 bits per heavy atom. The summed E-state index contributed by atoms with van der Waals surface area (Å²) in [5, 5.41) is 14.0. The summed E-state index contributed by atoms with van der Waals surface area (Å²) < 4.78 is 7.50. The van der Waals surface area contributed by atoms with Gasteiger partial charge in [-0.2, -0.15) is 5.10 Å². The quantitative estimate of drug-likeness (QED) is 0.908. The fourth-order valence-electron chi connectivity index (χ4n) is 3.26. The average molecular weight is 341 g/mol. The molecule has 0 radical (unpaired) electrons. The van der Waals surface area contributed by atoms with Crippen molar-refractivity contribution in [1.29, 1.82) is 0 Å². The fourth-order valence-corrected chi connectivity index (χ4v) is 3.26. The number of amides is 1. The fraction of sp³-hybridized carbons (Fsp3) is 0.474. The van der Waals surface area contributed by atoms with Crippen molar-refractivity contribution in [3.63, 3.8) is 0 Å². The molecule has 1 aliphatic heterocycles. The van der Waals surface area contributed by atoms with E-state index in [2.05, 4.69) is 5.10 Å². The van der Waals surface area contributed by atoms with Crippen molar-refractivity contribution < 1.29 is 14.6 Å². The van der Waals surface area contributed by atoms with Crippen LogP contribution in [0.5, 0.6) is 11.6 Å². The monoisotopic (exact) mass is 341 g/mol. The minimum atomic E-state index is -0.0389. The molecule has 2 aliphatic rings. The molecule has 0 spiro atoms. The van der Waals surface area contributed by atoms with Crippen LogP contribution in [0.1, 0.15) is 40.9 Å². The maximum absolute atomic E-state index is 13.2. The lowest BCUT2D eigenvalue weighted by atomic mass is 10.1. The Hall–Kier alpha value is -2.50. The average Bonchev–Trinajstić information content (AvgIpc) is 3.38. The largest absolute Gasteiger partial charge is 0.508 e. The molecule has 1 N–H and O–H groups in total. The summed E-state index contributed by atoms with van der Waals surface area (Å²) in [5.41, 5.74) is 2.33. The van der Waals surface area contributed by atoms with E-state index in [1.807, 2.05) is 28.6 Å². The van der Waals surface area contributed by atoms with Crippen molar-refractivity contribution in [2.24, 2.45) is 5.92 Å². The Labute approximate surface area is 147 Å². The van der Waals surface area contributed by atoms with Gasteiger partial charge in [0.25, 0.3) is 5.91 Å². The van der Waals surface area contributed by atoms with E-state index < -0.39 is 0 Å². The van der Waals surface area contributed by atoms with Crippen LogP contribution < -0.4 is 4.74 Å². The van der Waals surface area contributed by atoms with Crippen LogP contribution in [0, 0.1) is 12.8 Å². The van der Waals surface area contributed by atoms with Crippen molar-refractivity contribution >= 4 is 5.91 Å². The van der Waals surface area contributed by atoms with E-state index >= 15 is 0 Å². The van der Waals surface area contributed by atoms with Crippen molar-refractivity contribution in [1.82, 2.24) is 14.7 Å². The first-order chi connectivity index (χ1) is 12.1. The van der Waals surface area contributed by atoms with Gasteiger partial charge in [0.15, 0.2) is 5.69 Å². The van der Waals surface area contributed by atoms with Gasteiger partial charge in [-0.1, -0.05) is 12.1 Å². The van der Waals surface area contributed by atoms with E-state index in [1.165, 1.54) is 12.8 Å². The van der Waals surface area contributed by atoms with E-state index in [0.717, 1.165) is 36.5 Å². The number of rotatable bonds is 5. The Morgan fingerprint density at radius 3 is 2.80 bits per heavy atom. The van der Waals surface area contributed by atoms with Gasteiger partial charge in [-0.05, 0) is 43.4 Å². The third-order valence-electron chi connectivity index (χ3n) is 4.86. The highest BCUT2D eigenvalue weighted by molar-refractivity contribution is 5.94. The van der Waals surface area contributed by atoms with E-state index in [-0.39, 0.29) is 11.7 Å². The molecule has 4 rings (SSSR count). The lowest BCUT2D eigenvalue weighted by Crippen LogP contribution is -2.33. The molecule has 1 amide bonds. The number of ether oxygens (including phenoxy) is 1. The number of fused-ring (bicyclic) bond motifs is 1. The predicted octanol–water partition coefficient (Wildman–Crippen LogP) is 2.73. The first kappa shape index (κ1) is 16.0. The molecule has 132 valence electrons. The molecule has 2 heterocycles. The van der Waals surface area contributed by atoms with Gasteiger partial charge in [0.1, 0.15) is 5.75 Å². The van der Waals surface area contributed by atoms with Crippen LogP contribution in [0.4, 0.5) is 0 Å². The lowest BCUT2D eigenvalue weighted by molar-refractivity contribution is 0.0727. The highest BCUT2D eigenvalue weighted by Crippen LogP contribution is 2.32. The third-order valence-corrected chi connectivity index (χ3v) is 4.86. The number of carbonyl (C=O) groups is 1. The summed E-state index contributed by atoms with van der Waals surface area (Å²) in [6, 6.07) is 7.03. The zero-order chi connectivity index (χ0) is 17.4. The molecule has 1 aliphatic carbocycles. The maximum atomic E-state index is 13.2. The van der Waals surface area contributed by atoms with E-state index in [4.69, 9.17) is 4.74 Å². The first-order valence-corrected chi connectivity index (χ1v) is 8.89. The number of aryl methyl sites for hydroxylation is 1. The Bertz CT molecular complexity index is 778. The highest BCUT2D eigenvalue weighted by atomic mass is 16.5. The Balaban J connectivity index is 1.59. The van der Waals surface area contributed by atoms with E-state index in [9.17, 15) is 9.90 Å². The number of benzene rings is 1. The minimum Gasteiger partial charge on any atom is -0.508 e. The molecule has 1 aromatic carbocycles. The zero-order valence-corrected chi connectivity index (χ0v) is 14.4. The summed E-state index contributed by atoms with van der Waals surface area (Å²) in [5.74, 6) is 1.52. The number of aromatic nitrogens is 2. The van der Waals surface area contributed by atoms with E-state index in [0.29, 0.717) is 24.8 Å². The van der Waals surface area contributed by atoms with Gasteiger partial charge in [0.2, 0.25) is 5.88 Å². The summed E-state index contributed by atoms with van der Waals surface area (Å²) in [7, 11) is 0. The van der Waals surface area contributed by atoms with Crippen molar-refractivity contribution in [2.45, 2.75) is 39.3 Å². The number of carbonyl (C=O) groups excluding carboxylic acids is 1. The normalized spacial score (nSPS) is 16.2. The smallest absolute Gasteiger partial charge is 0.275 e. The standard InChI is InChI=1S/C19H23N3O3/c1-13-17(20-22-9-2-10-25-19(13)22)18(24)21(11-14-3-4-14)12-15-5-7-16(23)8-6-15/h5-8,14,23H,2-4,9-12H2,1H3. The van der Waals surface area contributed by atoms with Gasteiger partial charge in [0, 0.05) is 31.6 Å². The van der Waals surface area contributed by atoms with Gasteiger partial charge >= 0.3 is 0 Å². The molecular weight excluding hydrogens is 318 g/mol. The molecule has 0 unspecified atom stereocenters. The van der Waals surface area contributed by atoms with Crippen molar-refractivity contribution in [2.75, 3.05) is 13.2 Å². The molecular formula is C19H23N3O3. The third kappa shape index (κ3) is 3.34. The second kappa shape index (κ2) is 6.43. The highest BCUT2D eigenvalue weighted by Gasteiger charge is 2.31. The van der Waals surface area contributed by atoms with Crippen LogP contribution in [0.15, 0.2) is 24.3 Å². The number of hydrogen-bond donors (Lipinski definition) is 1. The second-order valence-electron chi connectivity index (χ2n) is 7.00. The molecule has 1 saturated carbocycles. The maximum Gasteiger partial charge on any atom is 0.275 e. The van der Waals surface area contributed by atoms with Gasteiger partial charge in [-0.3, -0.25) is 4.79 Å². The van der Waals surface area contributed by atoms with Gasteiger partial charge in [0.05, 0.1) is 6.61 Å². The summed E-state index contributed by atoms with van der Waals surface area (Å²) >= 11 is 0. The van der Waals surface area contributed by atoms with Crippen molar-refractivity contribution in [3.8, 4) is 11.6 Å². The van der Waals surface area contributed by atoms with Gasteiger partial charge < -0.3 is 14.7 Å². The molecule has 0 bridgehead atoms. The van der Waals surface area contributed by atoms with Crippen LogP contribution in [0.2, 0.25) is 0 Å². The summed E-state index contributed by atoms with van der Waals surface area (Å²) in [6.07, 6.45) is 3.28. The molecule has 0 saturated heterocycles. The zero-order valence-electron chi connectivity index (χ0n) is 14.4. The molecule has 25 heavy (non-hydrogen) atoms. The van der Waals surface area contributed by atoms with Crippen LogP contribution in [-0.4, -0.2) is 38.8 Å². The molecule has 6 nitrogen and oxygen atoms in total. The summed E-state index contributed by atoms with van der Waals surface area (Å²) in [4.78, 5) is 15.0. The number of aromatic hydroxyl groups is 1. The minimum absolute atomic E-state index is 0.0389. The van der Waals surface area contributed by atoms with E-state index in [1.54, 1.807) is 12.1 Å². The topological polar surface area (TPSA) is 67.6 Å². The van der Waals surface area contributed by atoms with Crippen molar-refractivity contribution in [3.05, 3.63) is 41.1 Å². The summed E-state index contributed by atoms with van der Waals surface area (Å²) in [6.45, 7) is 4.66.